The van der Waals surface area contributed by atoms with Gasteiger partial charge in [0.05, 0.1) is 4.43 Å². The van der Waals surface area contributed by atoms with E-state index in [1.54, 1.807) is 0 Å². The van der Waals surface area contributed by atoms with Crippen LogP contribution in [-0.4, -0.2) is 40.9 Å². The van der Waals surface area contributed by atoms with Gasteiger partial charge >= 0.3 is 10.4 Å². The van der Waals surface area contributed by atoms with Crippen molar-refractivity contribution in [3.05, 3.63) is 42.5 Å². The summed E-state index contributed by atoms with van der Waals surface area (Å²) in [7, 11) is -4.67. The number of carbonyl (C=O) groups is 1. The number of anilines is 1. The van der Waals surface area contributed by atoms with Crippen LogP contribution in [0.5, 0.6) is 0 Å². The Morgan fingerprint density at radius 3 is 2.30 bits per heavy atom. The lowest BCUT2D eigenvalue weighted by molar-refractivity contribution is -0.118. The van der Waals surface area contributed by atoms with Gasteiger partial charge < -0.3 is 10.6 Å². The summed E-state index contributed by atoms with van der Waals surface area (Å²) >= 11 is 2.06. The predicted molar refractivity (Wildman–Crippen MR) is 98.5 cm³/mol. The number of alkyl halides is 1. The maximum Gasteiger partial charge on any atom is 0.394 e. The zero-order valence-electron chi connectivity index (χ0n) is 12.1. The fourth-order valence-corrected chi connectivity index (χ4v) is 2.10. The summed E-state index contributed by atoms with van der Waals surface area (Å²) in [6.07, 6.45) is 0. The van der Waals surface area contributed by atoms with Gasteiger partial charge in [-0.1, -0.05) is 59.0 Å². The maximum absolute atomic E-state index is 11.1. The molecule has 0 fully saturated rings. The highest BCUT2D eigenvalue weighted by atomic mass is 127. The topological polar surface area (TPSA) is 116 Å². The molecule has 9 heteroatoms. The fourth-order valence-electron chi connectivity index (χ4n) is 1.83. The van der Waals surface area contributed by atoms with Crippen molar-refractivity contribution in [1.82, 2.24) is 5.32 Å². The highest BCUT2D eigenvalue weighted by molar-refractivity contribution is 14.1. The van der Waals surface area contributed by atoms with Gasteiger partial charge in [-0.15, -0.1) is 0 Å². The van der Waals surface area contributed by atoms with E-state index in [0.29, 0.717) is 11.0 Å². The van der Waals surface area contributed by atoms with E-state index in [-0.39, 0.29) is 5.91 Å². The van der Waals surface area contributed by atoms with Crippen LogP contribution in [0.3, 0.4) is 0 Å². The molecule has 0 aliphatic carbocycles. The molecule has 0 unspecified atom stereocenters. The Bertz CT molecular complexity index is 738. The lowest BCUT2D eigenvalue weighted by Gasteiger charge is -2.10. The summed E-state index contributed by atoms with van der Waals surface area (Å²) in [5.41, 5.74) is 1.11. The average molecular weight is 452 g/mol. The quantitative estimate of drug-likeness (QED) is 0.239. The SMILES string of the molecule is O=C(CI)NCCNc1cccc2ccccc12.O=S(=O)(O)O. The van der Waals surface area contributed by atoms with Crippen molar-refractivity contribution in [2.24, 2.45) is 0 Å². The molecule has 0 saturated carbocycles. The number of fused-ring (bicyclic) bond motifs is 1. The van der Waals surface area contributed by atoms with E-state index in [1.165, 1.54) is 10.8 Å². The van der Waals surface area contributed by atoms with E-state index in [1.807, 2.05) is 18.2 Å². The molecule has 0 aromatic heterocycles. The second-order valence-electron chi connectivity index (χ2n) is 4.38. The van der Waals surface area contributed by atoms with Gasteiger partial charge in [0.25, 0.3) is 0 Å². The van der Waals surface area contributed by atoms with Crippen LogP contribution in [-0.2, 0) is 15.2 Å². The van der Waals surface area contributed by atoms with Crippen molar-refractivity contribution in [1.29, 1.82) is 0 Å². The smallest absolute Gasteiger partial charge is 0.383 e. The molecule has 0 heterocycles. The molecule has 0 spiro atoms. The zero-order valence-corrected chi connectivity index (χ0v) is 15.0. The Balaban J connectivity index is 0.000000463. The van der Waals surface area contributed by atoms with Crippen molar-refractivity contribution < 1.29 is 22.3 Å². The molecule has 2 aromatic carbocycles. The average Bonchev–Trinajstić information content (AvgIpc) is 2.49. The van der Waals surface area contributed by atoms with Crippen LogP contribution in [0, 0.1) is 0 Å². The number of benzene rings is 2. The van der Waals surface area contributed by atoms with Gasteiger partial charge in [0.2, 0.25) is 5.91 Å². The molecular formula is C14H17IN2O5S. The molecule has 2 rings (SSSR count). The van der Waals surface area contributed by atoms with Crippen LogP contribution in [0.4, 0.5) is 5.69 Å². The summed E-state index contributed by atoms with van der Waals surface area (Å²) in [6.45, 7) is 1.38. The number of halogens is 1. The normalized spacial score (nSPS) is 10.6. The number of carbonyl (C=O) groups excluding carboxylic acids is 1. The Morgan fingerprint density at radius 2 is 1.65 bits per heavy atom. The van der Waals surface area contributed by atoms with E-state index in [4.69, 9.17) is 17.5 Å². The third kappa shape index (κ3) is 8.69. The molecule has 23 heavy (non-hydrogen) atoms. The van der Waals surface area contributed by atoms with Crippen LogP contribution in [0.25, 0.3) is 10.8 Å². The molecular weight excluding hydrogens is 435 g/mol. The molecule has 1 amide bonds. The van der Waals surface area contributed by atoms with E-state index >= 15 is 0 Å². The van der Waals surface area contributed by atoms with Gasteiger partial charge in [0.1, 0.15) is 0 Å². The molecule has 7 nitrogen and oxygen atoms in total. The molecule has 2 aromatic rings. The summed E-state index contributed by atoms with van der Waals surface area (Å²) in [5, 5.41) is 8.62. The predicted octanol–water partition coefficient (Wildman–Crippen LogP) is 2.15. The molecule has 0 radical (unpaired) electrons. The van der Waals surface area contributed by atoms with Crippen molar-refractivity contribution in [2.75, 3.05) is 22.8 Å². The highest BCUT2D eigenvalue weighted by Gasteiger charge is 2.00. The van der Waals surface area contributed by atoms with Gasteiger partial charge in [-0.25, -0.2) is 0 Å². The van der Waals surface area contributed by atoms with E-state index in [0.717, 1.165) is 12.2 Å². The Kier molecular flexibility index (Phi) is 8.23. The molecule has 0 aliphatic heterocycles. The largest absolute Gasteiger partial charge is 0.394 e. The second-order valence-corrected chi connectivity index (χ2v) is 6.04. The minimum Gasteiger partial charge on any atom is -0.383 e. The van der Waals surface area contributed by atoms with Gasteiger partial charge in [-0.05, 0) is 11.5 Å². The van der Waals surface area contributed by atoms with E-state index in [9.17, 15) is 4.79 Å². The second kappa shape index (κ2) is 9.65. The Labute approximate surface area is 148 Å². The summed E-state index contributed by atoms with van der Waals surface area (Å²) < 4.78 is 32.1. The van der Waals surface area contributed by atoms with Crippen molar-refractivity contribution >= 4 is 55.4 Å². The molecule has 0 aliphatic rings. The van der Waals surface area contributed by atoms with Crippen LogP contribution >= 0.6 is 22.6 Å². The first-order chi connectivity index (χ1) is 10.8. The minimum atomic E-state index is -4.67. The lowest BCUT2D eigenvalue weighted by atomic mass is 10.1. The van der Waals surface area contributed by atoms with Gasteiger partial charge in [-0.3, -0.25) is 13.9 Å². The maximum atomic E-state index is 11.1. The highest BCUT2D eigenvalue weighted by Crippen LogP contribution is 2.22. The van der Waals surface area contributed by atoms with Gasteiger partial charge in [0, 0.05) is 24.2 Å². The summed E-state index contributed by atoms with van der Waals surface area (Å²) in [6, 6.07) is 14.5. The standard InChI is InChI=1S/C14H15IN2O.H2O4S/c15-10-14(18)17-9-8-16-13-7-3-5-11-4-1-2-6-12(11)13;1-5(2,3)4/h1-7,16H,8-10H2,(H,17,18);(H2,1,2,3,4). The number of amides is 1. The number of hydrogen-bond donors (Lipinski definition) is 4. The minimum absolute atomic E-state index is 0.0790. The molecule has 0 saturated heterocycles. The lowest BCUT2D eigenvalue weighted by Crippen LogP contribution is -2.29. The molecule has 4 N–H and O–H groups in total. The van der Waals surface area contributed by atoms with Gasteiger partial charge in [-0.2, -0.15) is 8.42 Å². The monoisotopic (exact) mass is 452 g/mol. The van der Waals surface area contributed by atoms with Crippen LogP contribution in [0.2, 0.25) is 0 Å². The van der Waals surface area contributed by atoms with Gasteiger partial charge in [0.15, 0.2) is 0 Å². The van der Waals surface area contributed by atoms with Crippen LogP contribution < -0.4 is 10.6 Å². The summed E-state index contributed by atoms with van der Waals surface area (Å²) in [5.74, 6) is 0.0790. The third-order valence-electron chi connectivity index (χ3n) is 2.67. The zero-order chi connectivity index (χ0) is 17.3. The van der Waals surface area contributed by atoms with E-state index in [2.05, 4.69) is 57.5 Å². The van der Waals surface area contributed by atoms with Crippen molar-refractivity contribution in [3.8, 4) is 0 Å². The molecule has 0 atom stereocenters. The Morgan fingerprint density at radius 1 is 1.04 bits per heavy atom. The first kappa shape index (κ1) is 19.6. The van der Waals surface area contributed by atoms with Crippen molar-refractivity contribution in [2.45, 2.75) is 0 Å². The van der Waals surface area contributed by atoms with Crippen molar-refractivity contribution in [3.63, 3.8) is 0 Å². The number of hydrogen-bond acceptors (Lipinski definition) is 4. The molecule has 0 bridgehead atoms. The Hall–Kier alpha value is -1.43. The third-order valence-corrected chi connectivity index (χ3v) is 3.37. The first-order valence-electron chi connectivity index (χ1n) is 6.55. The van der Waals surface area contributed by atoms with Crippen LogP contribution in [0.1, 0.15) is 0 Å². The molecule has 126 valence electrons. The number of nitrogens with one attached hydrogen (secondary N) is 2. The summed E-state index contributed by atoms with van der Waals surface area (Å²) in [4.78, 5) is 11.1. The van der Waals surface area contributed by atoms with Crippen LogP contribution in [0.15, 0.2) is 42.5 Å². The first-order valence-corrected chi connectivity index (χ1v) is 9.47. The van der Waals surface area contributed by atoms with E-state index < -0.39 is 10.4 Å². The fraction of sp³-hybridized carbons (Fsp3) is 0.214. The number of rotatable bonds is 5.